The molecule has 0 aliphatic carbocycles. The Hall–Kier alpha value is -1.36. The highest BCUT2D eigenvalue weighted by Gasteiger charge is 2.16. The predicted octanol–water partition coefficient (Wildman–Crippen LogP) is 1.60. The molecular weight excluding hydrogens is 190 g/mol. The summed E-state index contributed by atoms with van der Waals surface area (Å²) in [7, 11) is 0. The number of carbonyl (C=O) groups excluding carboxylic acids is 1. The lowest BCUT2D eigenvalue weighted by molar-refractivity contribution is 0.112. The summed E-state index contributed by atoms with van der Waals surface area (Å²) in [6.45, 7) is 1.49. The normalized spacial score (nSPS) is 10.6. The van der Waals surface area contributed by atoms with Crippen LogP contribution in [0.4, 0.5) is 8.78 Å². The zero-order valence-electron chi connectivity index (χ0n) is 7.63. The molecule has 1 rings (SSSR count). The second-order valence-corrected chi connectivity index (χ2v) is 2.84. The van der Waals surface area contributed by atoms with Gasteiger partial charge in [-0.3, -0.25) is 9.78 Å². The summed E-state index contributed by atoms with van der Waals surface area (Å²) in [6, 6.07) is 1.42. The van der Waals surface area contributed by atoms with E-state index in [-0.39, 0.29) is 23.4 Å². The fourth-order valence-corrected chi connectivity index (χ4v) is 1.15. The van der Waals surface area contributed by atoms with Crippen LogP contribution in [0.1, 0.15) is 33.7 Å². The van der Waals surface area contributed by atoms with Crippen molar-refractivity contribution in [2.45, 2.75) is 19.9 Å². The van der Waals surface area contributed by atoms with Crippen LogP contribution in [0.15, 0.2) is 6.07 Å². The molecule has 2 N–H and O–H groups in total. The molecule has 1 aromatic heterocycles. The van der Waals surface area contributed by atoms with Crippen LogP contribution >= 0.6 is 0 Å². The number of hydrogen-bond donors (Lipinski definition) is 1. The molecule has 1 heterocycles. The van der Waals surface area contributed by atoms with Crippen LogP contribution in [-0.4, -0.2) is 11.3 Å². The smallest absolute Gasteiger partial charge is 0.280 e. The lowest BCUT2D eigenvalue weighted by Gasteiger charge is -2.08. The van der Waals surface area contributed by atoms with Crippen LogP contribution in [0.3, 0.4) is 0 Å². The van der Waals surface area contributed by atoms with E-state index in [4.69, 9.17) is 5.73 Å². The van der Waals surface area contributed by atoms with E-state index in [1.54, 1.807) is 0 Å². The van der Waals surface area contributed by atoms with E-state index in [0.29, 0.717) is 12.0 Å². The number of rotatable bonds is 3. The van der Waals surface area contributed by atoms with Crippen molar-refractivity contribution in [3.05, 3.63) is 28.6 Å². The summed E-state index contributed by atoms with van der Waals surface area (Å²) in [5, 5.41) is 0. The zero-order chi connectivity index (χ0) is 10.7. The highest BCUT2D eigenvalue weighted by atomic mass is 19.3. The Morgan fingerprint density at radius 1 is 1.64 bits per heavy atom. The number of hydrogen-bond acceptors (Lipinski definition) is 3. The molecule has 1 aromatic rings. The quantitative estimate of drug-likeness (QED) is 0.754. The Morgan fingerprint density at radius 3 is 2.71 bits per heavy atom. The van der Waals surface area contributed by atoms with Gasteiger partial charge in [-0.05, 0) is 18.6 Å². The second kappa shape index (κ2) is 4.23. The number of aromatic nitrogens is 1. The maximum atomic E-state index is 12.4. The van der Waals surface area contributed by atoms with Gasteiger partial charge in [-0.25, -0.2) is 8.78 Å². The van der Waals surface area contributed by atoms with Gasteiger partial charge in [0.1, 0.15) is 12.0 Å². The first-order valence-corrected chi connectivity index (χ1v) is 4.04. The summed E-state index contributed by atoms with van der Waals surface area (Å²) in [5.41, 5.74) is 5.64. The van der Waals surface area contributed by atoms with Crippen molar-refractivity contribution in [3.63, 3.8) is 0 Å². The maximum Gasteiger partial charge on any atom is 0.280 e. The van der Waals surface area contributed by atoms with Gasteiger partial charge in [0.05, 0.1) is 5.69 Å². The van der Waals surface area contributed by atoms with E-state index in [9.17, 15) is 13.6 Å². The van der Waals surface area contributed by atoms with Gasteiger partial charge in [0.15, 0.2) is 0 Å². The molecular formula is C9H10F2N2O. The molecule has 0 saturated carbocycles. The number of nitrogens with zero attached hydrogens (tertiary/aromatic N) is 1. The van der Waals surface area contributed by atoms with Crippen LogP contribution in [0.25, 0.3) is 0 Å². The van der Waals surface area contributed by atoms with Crippen LogP contribution in [0, 0.1) is 6.92 Å². The van der Waals surface area contributed by atoms with Crippen LogP contribution in [-0.2, 0) is 6.54 Å². The lowest BCUT2D eigenvalue weighted by Crippen LogP contribution is -2.07. The van der Waals surface area contributed by atoms with Gasteiger partial charge in [0.2, 0.25) is 0 Å². The topological polar surface area (TPSA) is 56.0 Å². The van der Waals surface area contributed by atoms with Gasteiger partial charge in [-0.15, -0.1) is 0 Å². The van der Waals surface area contributed by atoms with Gasteiger partial charge < -0.3 is 5.73 Å². The number of nitrogens with two attached hydrogens (primary N) is 1. The van der Waals surface area contributed by atoms with Crippen LogP contribution < -0.4 is 5.73 Å². The number of alkyl halides is 2. The summed E-state index contributed by atoms with van der Waals surface area (Å²) in [4.78, 5) is 14.2. The van der Waals surface area contributed by atoms with Gasteiger partial charge in [0.25, 0.3) is 6.43 Å². The molecule has 0 radical (unpaired) electrons. The summed E-state index contributed by atoms with van der Waals surface area (Å²) < 4.78 is 24.9. The molecule has 3 nitrogen and oxygen atoms in total. The molecule has 0 atom stereocenters. The van der Waals surface area contributed by atoms with Crippen molar-refractivity contribution in [1.82, 2.24) is 4.98 Å². The Morgan fingerprint density at radius 2 is 2.29 bits per heavy atom. The fourth-order valence-electron chi connectivity index (χ4n) is 1.15. The third-order valence-electron chi connectivity index (χ3n) is 1.95. The van der Waals surface area contributed by atoms with Crippen molar-refractivity contribution in [2.24, 2.45) is 5.73 Å². The van der Waals surface area contributed by atoms with Gasteiger partial charge in [0, 0.05) is 12.1 Å². The highest BCUT2D eigenvalue weighted by molar-refractivity contribution is 5.77. The maximum absolute atomic E-state index is 12.4. The van der Waals surface area contributed by atoms with Crippen LogP contribution in [0.5, 0.6) is 0 Å². The lowest BCUT2D eigenvalue weighted by atomic mass is 10.1. The first-order chi connectivity index (χ1) is 6.60. The largest absolute Gasteiger partial charge is 0.325 e. The molecule has 0 amide bonds. The van der Waals surface area contributed by atoms with Crippen molar-refractivity contribution in [3.8, 4) is 0 Å². The van der Waals surface area contributed by atoms with E-state index >= 15 is 0 Å². The molecule has 0 aliphatic heterocycles. The van der Waals surface area contributed by atoms with Crippen molar-refractivity contribution in [2.75, 3.05) is 0 Å². The van der Waals surface area contributed by atoms with E-state index in [2.05, 4.69) is 4.98 Å². The minimum atomic E-state index is -2.68. The van der Waals surface area contributed by atoms with Crippen molar-refractivity contribution < 1.29 is 13.6 Å². The van der Waals surface area contributed by atoms with E-state index < -0.39 is 6.43 Å². The molecule has 0 saturated heterocycles. The van der Waals surface area contributed by atoms with Gasteiger partial charge in [-0.1, -0.05) is 0 Å². The van der Waals surface area contributed by atoms with E-state index in [1.807, 2.05) is 0 Å². The molecule has 0 spiro atoms. The third kappa shape index (κ3) is 1.93. The number of aldehydes is 1. The Kier molecular flexibility index (Phi) is 3.24. The molecule has 0 aliphatic rings. The van der Waals surface area contributed by atoms with Crippen molar-refractivity contribution >= 4 is 6.29 Å². The third-order valence-corrected chi connectivity index (χ3v) is 1.95. The average molecular weight is 200 g/mol. The molecule has 0 fully saturated rings. The fraction of sp³-hybridized carbons (Fsp3) is 0.333. The Labute approximate surface area is 79.9 Å². The minimum Gasteiger partial charge on any atom is -0.325 e. The molecule has 5 heteroatoms. The number of halogens is 2. The molecule has 76 valence electrons. The molecule has 0 aromatic carbocycles. The first-order valence-electron chi connectivity index (χ1n) is 4.04. The minimum absolute atomic E-state index is 0.0425. The first kappa shape index (κ1) is 10.7. The molecule has 0 bridgehead atoms. The Balaban J connectivity index is 3.34. The molecule has 14 heavy (non-hydrogen) atoms. The van der Waals surface area contributed by atoms with E-state index in [1.165, 1.54) is 13.0 Å². The standard InChI is InChI=1S/C9H10F2N2O/c1-5-6(4-14)2-7(3-12)13-8(5)9(10)11/h2,4,9H,3,12H2,1H3. The SMILES string of the molecule is Cc1c(C=O)cc(CN)nc1C(F)F. The Bertz CT molecular complexity index is 353. The summed E-state index contributed by atoms with van der Waals surface area (Å²) >= 11 is 0. The zero-order valence-corrected chi connectivity index (χ0v) is 7.63. The number of pyridine rings is 1. The average Bonchev–Trinajstić information content (AvgIpc) is 2.17. The van der Waals surface area contributed by atoms with Gasteiger partial charge >= 0.3 is 0 Å². The van der Waals surface area contributed by atoms with E-state index in [0.717, 1.165) is 0 Å². The predicted molar refractivity (Wildman–Crippen MR) is 47.2 cm³/mol. The van der Waals surface area contributed by atoms with Crippen LogP contribution in [0.2, 0.25) is 0 Å². The highest BCUT2D eigenvalue weighted by Crippen LogP contribution is 2.22. The van der Waals surface area contributed by atoms with Gasteiger partial charge in [-0.2, -0.15) is 0 Å². The monoisotopic (exact) mass is 200 g/mol. The second-order valence-electron chi connectivity index (χ2n) is 2.84. The number of carbonyl (C=O) groups is 1. The van der Waals surface area contributed by atoms with Crippen molar-refractivity contribution in [1.29, 1.82) is 0 Å². The summed E-state index contributed by atoms with van der Waals surface area (Å²) in [5.74, 6) is 0. The summed E-state index contributed by atoms with van der Waals surface area (Å²) in [6.07, 6.45) is -2.15. The molecule has 0 unspecified atom stereocenters.